The van der Waals surface area contributed by atoms with Crippen LogP contribution in [-0.2, 0) is 21.1 Å². The summed E-state index contributed by atoms with van der Waals surface area (Å²) < 4.78 is 79.0. The van der Waals surface area contributed by atoms with E-state index in [2.05, 4.69) is 368 Å². The van der Waals surface area contributed by atoms with E-state index in [1.807, 2.05) is 130 Å². The monoisotopic (exact) mass is 1750 g/mol. The molecule has 12 aromatic carbocycles. The molecule has 22 rings (SSSR count). The first kappa shape index (κ1) is 79.2. The molecule has 2 unspecified atom stereocenters. The largest absolute Gasteiger partial charge is 0.351 e. The molecule has 0 N–H and O–H groups in total. The van der Waals surface area contributed by atoms with Crippen molar-refractivity contribution in [1.29, 1.82) is 0 Å². The molecule has 0 bridgehead atoms. The summed E-state index contributed by atoms with van der Waals surface area (Å²) in [6.07, 6.45) is 10.2. The van der Waals surface area contributed by atoms with Gasteiger partial charge in [0.1, 0.15) is 47.3 Å². The zero-order chi connectivity index (χ0) is 99.3. The summed E-state index contributed by atoms with van der Waals surface area (Å²) in [6.45, 7) is 19.5. The number of aryl methyl sites for hydroxylation is 10. The predicted molar refractivity (Wildman–Crippen MR) is 550 cm³/mol. The van der Waals surface area contributed by atoms with Crippen LogP contribution in [0.1, 0.15) is 121 Å². The molecule has 0 fully saturated rings. The van der Waals surface area contributed by atoms with Crippen molar-refractivity contribution >= 4 is 101 Å². The maximum absolute atomic E-state index is 8.90. The summed E-state index contributed by atoms with van der Waals surface area (Å²) >= 11 is 0. The van der Waals surface area contributed by atoms with E-state index in [4.69, 9.17) is 11.0 Å². The first-order chi connectivity index (χ1) is 67.0. The molecule has 0 saturated carbocycles. The van der Waals surface area contributed by atoms with Crippen LogP contribution >= 0.6 is 0 Å². The van der Waals surface area contributed by atoms with E-state index in [-0.39, 0.29) is 18.5 Å². The Hall–Kier alpha value is -15.0. The van der Waals surface area contributed by atoms with Gasteiger partial charge in [0, 0.05) is 103 Å². The summed E-state index contributed by atoms with van der Waals surface area (Å²) in [5, 5.41) is 4.00. The van der Waals surface area contributed by atoms with E-state index in [0.29, 0.717) is 22.5 Å². The molecule has 16 heteroatoms. The van der Waals surface area contributed by atoms with Gasteiger partial charge >= 0.3 is 0 Å². The van der Waals surface area contributed by atoms with Gasteiger partial charge in [-0.15, -0.1) is 0 Å². The summed E-state index contributed by atoms with van der Waals surface area (Å²) in [7, 11) is 12.5. The second-order valence-corrected chi connectivity index (χ2v) is 34.5. The minimum Gasteiger partial charge on any atom is -0.351 e. The predicted octanol–water partition coefficient (Wildman–Crippen LogP) is 25.8. The maximum atomic E-state index is 8.90. The zero-order valence-electron chi connectivity index (χ0n) is 86.7. The van der Waals surface area contributed by atoms with Gasteiger partial charge in [0.05, 0.1) is 49.0 Å². The lowest BCUT2D eigenvalue weighted by Crippen LogP contribution is -2.36. The van der Waals surface area contributed by atoms with Crippen LogP contribution in [0.3, 0.4) is 0 Å². The highest BCUT2D eigenvalue weighted by atomic mass is 15.5. The average Bonchev–Trinajstić information content (AvgIpc) is 1.56. The van der Waals surface area contributed by atoms with Crippen LogP contribution in [0.4, 0.5) is 51.7 Å². The number of aromatic nitrogens is 10. The number of hydrogen-bond acceptors (Lipinski definition) is 10. The summed E-state index contributed by atoms with van der Waals surface area (Å²) in [5.74, 6) is 2.30. The fourth-order valence-corrected chi connectivity index (χ4v) is 19.0. The normalized spacial score (nSPS) is 16.2. The molecule has 19 aromatic rings. The Bertz CT molecular complexity index is 7560. The highest BCUT2D eigenvalue weighted by Gasteiger charge is 2.38. The first-order valence-electron chi connectivity index (χ1n) is 49.2. The highest BCUT2D eigenvalue weighted by molar-refractivity contribution is 6.10. The Balaban J connectivity index is 0.000000119. The van der Waals surface area contributed by atoms with E-state index >= 15 is 0 Å². The lowest BCUT2D eigenvalue weighted by Gasteiger charge is -2.28. The van der Waals surface area contributed by atoms with Gasteiger partial charge in [-0.05, 0) is 222 Å². The van der Waals surface area contributed by atoms with Gasteiger partial charge in [0.25, 0.3) is 17.3 Å². The molecule has 132 heavy (non-hydrogen) atoms. The molecular weight excluding hydrogens is 1620 g/mol. The van der Waals surface area contributed by atoms with E-state index < -0.39 is 25.5 Å². The number of anilines is 9. The van der Waals surface area contributed by atoms with E-state index in [9.17, 15) is 0 Å². The van der Waals surface area contributed by atoms with Crippen LogP contribution in [0, 0.1) is 48.5 Å². The quantitative estimate of drug-likeness (QED) is 0.0973. The molecule has 3 aliphatic rings. The van der Waals surface area contributed by atoms with E-state index in [1.54, 1.807) is 30.6 Å². The summed E-state index contributed by atoms with van der Waals surface area (Å²) in [5.41, 5.74) is 27.9. The van der Waals surface area contributed by atoms with Crippen molar-refractivity contribution in [2.24, 2.45) is 21.1 Å². The SMILES string of the molecule is Cc1cccc2c3ccccc3[n+]3cc(C)n(C)c3c12.Cc1ccccc1N1c2cccnc2N(C)[C@H]1C.Cc1ccccc1N1c2ncccc2N(C)[C@H]1C.Cc1ccccc1N1c2nccnc2N(C)[C@H]1C.[2H]C([2H])([2H])C([2H])(C)c1ccccc1-[n+]1c(-c2ccccc2C)n(C)c2cc(-c3ccccc3)ccc21.[2H]C([2H])([2H])C([2H])(C)c1ccccc1-n1c(-c2ccccc2C)[n+](C)c2ccccc21. The second kappa shape index (κ2) is 38.0. The van der Waals surface area contributed by atoms with Crippen LogP contribution < -0.4 is 42.9 Å². The highest BCUT2D eigenvalue weighted by Crippen LogP contribution is 2.46. The van der Waals surface area contributed by atoms with Crippen LogP contribution in [0.5, 0.6) is 0 Å². The molecule has 662 valence electrons. The number of para-hydroxylation sites is 8. The Morgan fingerprint density at radius 1 is 0.348 bits per heavy atom. The molecule has 0 spiro atoms. The van der Waals surface area contributed by atoms with Crippen molar-refractivity contribution in [2.45, 2.75) is 127 Å². The average molecular weight is 1750 g/mol. The number of pyridine rings is 3. The Labute approximate surface area is 789 Å². The molecule has 7 aromatic heterocycles. The third-order valence-corrected chi connectivity index (χ3v) is 26.3. The fraction of sp³-hybridized carbons (Fsp3) is 0.216. The van der Waals surface area contributed by atoms with Gasteiger partial charge < -0.3 is 29.4 Å². The van der Waals surface area contributed by atoms with Gasteiger partial charge in [0.2, 0.25) is 0 Å². The second-order valence-electron chi connectivity index (χ2n) is 34.5. The van der Waals surface area contributed by atoms with Gasteiger partial charge in [-0.1, -0.05) is 234 Å². The topological polar surface area (TPSA) is 97.7 Å². The van der Waals surface area contributed by atoms with Gasteiger partial charge in [-0.3, -0.25) is 0 Å². The first-order valence-corrected chi connectivity index (χ1v) is 45.2. The number of rotatable bonds is 10. The van der Waals surface area contributed by atoms with Gasteiger partial charge in [-0.25, -0.2) is 33.6 Å². The summed E-state index contributed by atoms with van der Waals surface area (Å²) in [4.78, 5) is 31.4. The van der Waals surface area contributed by atoms with Crippen molar-refractivity contribution in [3.8, 4) is 45.3 Å². The Kier molecular flexibility index (Phi) is 22.8. The van der Waals surface area contributed by atoms with Crippen LogP contribution in [0.2, 0.25) is 0 Å². The Morgan fingerprint density at radius 3 is 1.46 bits per heavy atom. The number of fused-ring (bicyclic) bond motifs is 11. The molecule has 0 aliphatic carbocycles. The third kappa shape index (κ3) is 16.6. The van der Waals surface area contributed by atoms with Crippen LogP contribution in [0.15, 0.2) is 340 Å². The van der Waals surface area contributed by atoms with Crippen molar-refractivity contribution in [3.63, 3.8) is 0 Å². The lowest BCUT2D eigenvalue weighted by molar-refractivity contribution is -0.633. The third-order valence-electron chi connectivity index (χ3n) is 26.3. The molecular formula is C116H121N16+3. The van der Waals surface area contributed by atoms with Crippen LogP contribution in [0.25, 0.3) is 94.7 Å². The molecule has 10 heterocycles. The zero-order valence-corrected chi connectivity index (χ0v) is 78.7. The number of nitrogens with zero attached hydrogens (tertiary/aromatic N) is 16. The Morgan fingerprint density at radius 2 is 0.818 bits per heavy atom. The fourth-order valence-electron chi connectivity index (χ4n) is 19.0. The maximum Gasteiger partial charge on any atom is 0.295 e. The number of hydrogen-bond donors (Lipinski definition) is 0. The molecule has 0 radical (unpaired) electrons. The lowest BCUT2D eigenvalue weighted by atomic mass is 10.0. The van der Waals surface area contributed by atoms with Crippen LogP contribution in [-0.4, -0.2) is 73.3 Å². The smallest absolute Gasteiger partial charge is 0.295 e. The summed E-state index contributed by atoms with van der Waals surface area (Å²) in [6, 6.07) is 105. The molecule has 16 nitrogen and oxygen atoms in total. The van der Waals surface area contributed by atoms with Crippen molar-refractivity contribution in [3.05, 3.63) is 391 Å². The number of imidazole rings is 3. The molecule has 3 aliphatic heterocycles. The van der Waals surface area contributed by atoms with E-state index in [1.165, 1.54) is 97.6 Å². The standard InChI is InChI=1S/C30H29N2.C24H25N2.C18H17N2.2C15H17N3.C14H16N4/c1-21(2)25-15-10-11-17-27(25)32-28-19-18-24(23-13-6-5-7-14-23)20-29(28)31(4)30(32)26-16-9-8-12-22(26)3;1-17(2)19-12-7-8-14-21(19)26-23-16-10-9-15-22(23)25(4)24(26)20-13-6-5-11-18(20)3;1-12-7-6-9-15-14-8-4-5-10-16(14)20-11-13(2)19(3)18(20)17(12)15;1-11-7-4-5-8-13(11)18-12(2)17(3)15-14(18)9-6-10-16-15;1-11-7-4-5-8-13(11)18-12(2)17(3)14-9-6-10-16-15(14)18;1-10-6-4-5-7-12(10)18-11(2)17(3)13-14(18)16-9-8-15-13/h5-21H,1-4H3;5-17H,1-4H3;4-11H,1-3H3;2*4-10,12H,1-3H3;4-9,11H,1-3H3/q3*+1;;;/t;;;2*12-;11-/m...111/s1/i1D3,21D;1D3,17D;;;;. The minimum absolute atomic E-state index is 0.225. The van der Waals surface area contributed by atoms with Crippen molar-refractivity contribution in [2.75, 3.05) is 50.5 Å². The molecule has 0 saturated heterocycles. The van der Waals surface area contributed by atoms with Crippen molar-refractivity contribution in [1.82, 2.24) is 33.6 Å². The van der Waals surface area contributed by atoms with Gasteiger partial charge in [0.15, 0.2) is 45.3 Å². The minimum atomic E-state index is -2.49. The molecule has 0 amide bonds. The molecule has 5 atom stereocenters. The number of benzene rings is 12. The van der Waals surface area contributed by atoms with Crippen molar-refractivity contribution < 1.29 is 24.5 Å². The van der Waals surface area contributed by atoms with Gasteiger partial charge in [-0.2, -0.15) is 13.5 Å². The van der Waals surface area contributed by atoms with E-state index in [0.717, 1.165) is 90.4 Å².